The second kappa shape index (κ2) is 5.81. The van der Waals surface area contributed by atoms with Crippen molar-refractivity contribution in [1.29, 1.82) is 0 Å². The van der Waals surface area contributed by atoms with Crippen molar-refractivity contribution >= 4 is 34.8 Å². The first-order chi connectivity index (χ1) is 8.60. The lowest BCUT2D eigenvalue weighted by molar-refractivity contribution is 0.281. The van der Waals surface area contributed by atoms with Gasteiger partial charge in [-0.05, 0) is 29.8 Å². The summed E-state index contributed by atoms with van der Waals surface area (Å²) in [7, 11) is 0. The fraction of sp³-hybridized carbons (Fsp3) is 0.0769. The van der Waals surface area contributed by atoms with Crippen molar-refractivity contribution in [3.63, 3.8) is 0 Å². The van der Waals surface area contributed by atoms with E-state index >= 15 is 0 Å². The minimum atomic E-state index is -0.0627. The van der Waals surface area contributed by atoms with Crippen LogP contribution < -0.4 is 4.74 Å². The third kappa shape index (κ3) is 3.09. The van der Waals surface area contributed by atoms with Crippen LogP contribution in [0.2, 0.25) is 15.1 Å². The molecular weight excluding hydrogens is 294 g/mol. The van der Waals surface area contributed by atoms with Crippen LogP contribution in [-0.2, 0) is 6.61 Å². The maximum Gasteiger partial charge on any atom is 0.146 e. The van der Waals surface area contributed by atoms with E-state index in [1.54, 1.807) is 36.4 Å². The monoisotopic (exact) mass is 302 g/mol. The summed E-state index contributed by atoms with van der Waals surface area (Å²) in [6.45, 7) is -0.0627. The number of aliphatic hydroxyl groups excluding tert-OH is 1. The highest BCUT2D eigenvalue weighted by Gasteiger charge is 2.06. The van der Waals surface area contributed by atoms with E-state index < -0.39 is 0 Å². The lowest BCUT2D eigenvalue weighted by atomic mass is 10.2. The fourth-order valence-electron chi connectivity index (χ4n) is 1.39. The Morgan fingerprint density at radius 2 is 1.67 bits per heavy atom. The Hall–Kier alpha value is -0.930. The van der Waals surface area contributed by atoms with Gasteiger partial charge < -0.3 is 9.84 Å². The van der Waals surface area contributed by atoms with Gasteiger partial charge in [0.15, 0.2) is 0 Å². The number of ether oxygens (including phenoxy) is 1. The van der Waals surface area contributed by atoms with Crippen LogP contribution in [0.15, 0.2) is 36.4 Å². The molecule has 0 aliphatic rings. The van der Waals surface area contributed by atoms with Crippen molar-refractivity contribution in [1.82, 2.24) is 0 Å². The number of rotatable bonds is 3. The largest absolute Gasteiger partial charge is 0.456 e. The van der Waals surface area contributed by atoms with Gasteiger partial charge in [0.2, 0.25) is 0 Å². The molecule has 5 heteroatoms. The summed E-state index contributed by atoms with van der Waals surface area (Å²) in [5, 5.41) is 10.3. The van der Waals surface area contributed by atoms with Crippen LogP contribution in [0.3, 0.4) is 0 Å². The van der Waals surface area contributed by atoms with Gasteiger partial charge in [-0.1, -0.05) is 40.9 Å². The first-order valence-corrected chi connectivity index (χ1v) is 6.25. The van der Waals surface area contributed by atoms with E-state index in [9.17, 15) is 0 Å². The van der Waals surface area contributed by atoms with Crippen LogP contribution in [-0.4, -0.2) is 5.11 Å². The number of hydrogen-bond donors (Lipinski definition) is 1. The lowest BCUT2D eigenvalue weighted by Crippen LogP contribution is -1.88. The van der Waals surface area contributed by atoms with Crippen molar-refractivity contribution in [2.75, 3.05) is 0 Å². The van der Waals surface area contributed by atoms with Crippen LogP contribution in [0.1, 0.15) is 5.56 Å². The molecule has 0 saturated heterocycles. The van der Waals surface area contributed by atoms with E-state index in [2.05, 4.69) is 0 Å². The third-order valence-corrected chi connectivity index (χ3v) is 3.33. The quantitative estimate of drug-likeness (QED) is 0.871. The number of halogens is 3. The van der Waals surface area contributed by atoms with E-state index in [0.717, 1.165) is 5.56 Å². The van der Waals surface area contributed by atoms with Gasteiger partial charge >= 0.3 is 0 Å². The molecule has 0 aliphatic heterocycles. The molecule has 0 radical (unpaired) electrons. The van der Waals surface area contributed by atoms with E-state index in [-0.39, 0.29) is 6.61 Å². The van der Waals surface area contributed by atoms with Crippen LogP contribution >= 0.6 is 34.8 Å². The summed E-state index contributed by atoms with van der Waals surface area (Å²) < 4.78 is 5.59. The molecule has 0 unspecified atom stereocenters. The van der Waals surface area contributed by atoms with Gasteiger partial charge in [0.25, 0.3) is 0 Å². The molecule has 0 spiro atoms. The average molecular weight is 304 g/mol. The molecule has 2 aromatic carbocycles. The Bertz CT molecular complexity index is 570. The van der Waals surface area contributed by atoms with E-state index in [4.69, 9.17) is 44.6 Å². The summed E-state index contributed by atoms with van der Waals surface area (Å²) >= 11 is 17.7. The molecule has 94 valence electrons. The lowest BCUT2D eigenvalue weighted by Gasteiger charge is -2.09. The van der Waals surface area contributed by atoms with Gasteiger partial charge in [-0.25, -0.2) is 0 Å². The Balaban J connectivity index is 2.25. The molecule has 2 rings (SSSR count). The highest BCUT2D eigenvalue weighted by atomic mass is 35.5. The SMILES string of the molecule is OCc1ccc(Oc2ccc(Cl)c(Cl)c2)c(Cl)c1. The zero-order chi connectivity index (χ0) is 13.1. The molecule has 18 heavy (non-hydrogen) atoms. The predicted octanol–water partition coefficient (Wildman–Crippen LogP) is 4.93. The molecule has 0 amide bonds. The number of hydrogen-bond acceptors (Lipinski definition) is 2. The smallest absolute Gasteiger partial charge is 0.146 e. The average Bonchev–Trinajstić information content (AvgIpc) is 2.36. The third-order valence-electron chi connectivity index (χ3n) is 2.30. The Kier molecular flexibility index (Phi) is 4.36. The maximum atomic E-state index is 8.98. The molecule has 0 aliphatic carbocycles. The van der Waals surface area contributed by atoms with Crippen LogP contribution in [0.4, 0.5) is 0 Å². The minimum absolute atomic E-state index is 0.0627. The summed E-state index contributed by atoms with van der Waals surface area (Å²) in [5.74, 6) is 1.04. The van der Waals surface area contributed by atoms with Crippen molar-refractivity contribution in [3.05, 3.63) is 57.0 Å². The molecule has 2 nitrogen and oxygen atoms in total. The summed E-state index contributed by atoms with van der Waals surface area (Å²) in [5.41, 5.74) is 0.724. The molecule has 2 aromatic rings. The van der Waals surface area contributed by atoms with Crippen molar-refractivity contribution in [2.24, 2.45) is 0 Å². The van der Waals surface area contributed by atoms with Crippen LogP contribution in [0.25, 0.3) is 0 Å². The van der Waals surface area contributed by atoms with Crippen LogP contribution in [0.5, 0.6) is 11.5 Å². The van der Waals surface area contributed by atoms with Crippen molar-refractivity contribution in [3.8, 4) is 11.5 Å². The molecule has 0 bridgehead atoms. The summed E-state index contributed by atoms with van der Waals surface area (Å²) in [4.78, 5) is 0. The fourth-order valence-corrected chi connectivity index (χ4v) is 1.92. The highest BCUT2D eigenvalue weighted by molar-refractivity contribution is 6.42. The predicted molar refractivity (Wildman–Crippen MR) is 73.9 cm³/mol. The molecule has 0 atom stereocenters. The van der Waals surface area contributed by atoms with Gasteiger partial charge in [-0.15, -0.1) is 0 Å². The first kappa shape index (κ1) is 13.5. The van der Waals surface area contributed by atoms with Crippen molar-refractivity contribution < 1.29 is 9.84 Å². The van der Waals surface area contributed by atoms with E-state index in [1.165, 1.54) is 0 Å². The molecule has 1 N–H and O–H groups in total. The second-order valence-electron chi connectivity index (χ2n) is 3.60. The summed E-state index contributed by atoms with van der Waals surface area (Å²) in [6, 6.07) is 10.0. The summed E-state index contributed by atoms with van der Waals surface area (Å²) in [6.07, 6.45) is 0. The zero-order valence-corrected chi connectivity index (χ0v) is 11.4. The molecular formula is C13H9Cl3O2. The normalized spacial score (nSPS) is 10.4. The molecule has 0 heterocycles. The Labute approximate surface area is 120 Å². The van der Waals surface area contributed by atoms with Crippen molar-refractivity contribution in [2.45, 2.75) is 6.61 Å². The number of aliphatic hydroxyl groups is 1. The van der Waals surface area contributed by atoms with Gasteiger partial charge in [-0.2, -0.15) is 0 Å². The maximum absolute atomic E-state index is 8.98. The molecule has 0 fully saturated rings. The number of benzene rings is 2. The first-order valence-electron chi connectivity index (χ1n) is 5.12. The zero-order valence-electron chi connectivity index (χ0n) is 9.16. The van der Waals surface area contributed by atoms with E-state index in [0.29, 0.717) is 26.6 Å². The second-order valence-corrected chi connectivity index (χ2v) is 4.82. The molecule has 0 saturated carbocycles. The van der Waals surface area contributed by atoms with Gasteiger partial charge in [0, 0.05) is 6.07 Å². The topological polar surface area (TPSA) is 29.5 Å². The van der Waals surface area contributed by atoms with Gasteiger partial charge in [0.05, 0.1) is 21.7 Å². The Morgan fingerprint density at radius 1 is 0.889 bits per heavy atom. The van der Waals surface area contributed by atoms with Gasteiger partial charge in [-0.3, -0.25) is 0 Å². The Morgan fingerprint density at radius 3 is 2.28 bits per heavy atom. The molecule has 0 aromatic heterocycles. The highest BCUT2D eigenvalue weighted by Crippen LogP contribution is 2.33. The minimum Gasteiger partial charge on any atom is -0.456 e. The standard InChI is InChI=1S/C13H9Cl3O2/c14-10-3-2-9(6-11(10)15)18-13-4-1-8(7-17)5-12(13)16/h1-6,17H,7H2. The van der Waals surface area contributed by atoms with Gasteiger partial charge in [0.1, 0.15) is 11.5 Å². The van der Waals surface area contributed by atoms with Crippen LogP contribution in [0, 0.1) is 0 Å². The van der Waals surface area contributed by atoms with E-state index in [1.807, 2.05) is 0 Å².